The summed E-state index contributed by atoms with van der Waals surface area (Å²) in [5.74, 6) is 0. The second kappa shape index (κ2) is 3.46. The minimum Gasteiger partial charge on any atom is -0.394 e. The van der Waals surface area contributed by atoms with Crippen LogP contribution in [-0.4, -0.2) is 52.9 Å². The van der Waals surface area contributed by atoms with Gasteiger partial charge in [-0.3, -0.25) is 0 Å². The Morgan fingerprint density at radius 3 is 2.64 bits per heavy atom. The van der Waals surface area contributed by atoms with E-state index in [4.69, 9.17) is 20.7 Å². The molecule has 1 aliphatic heterocycles. The molecule has 0 spiro atoms. The van der Waals surface area contributed by atoms with Gasteiger partial charge in [0.15, 0.2) is 0 Å². The maximum atomic E-state index is 9.18. The summed E-state index contributed by atoms with van der Waals surface area (Å²) >= 11 is 0. The maximum absolute atomic E-state index is 9.18. The summed E-state index contributed by atoms with van der Waals surface area (Å²) in [6.45, 7) is -0.203. The predicted molar refractivity (Wildman–Crippen MR) is 36.8 cm³/mol. The van der Waals surface area contributed by atoms with E-state index in [1.54, 1.807) is 0 Å². The molecule has 4 atom stereocenters. The summed E-state index contributed by atoms with van der Waals surface area (Å²) in [5.41, 5.74) is 5.43. The molecular formula is C6H13NO4. The van der Waals surface area contributed by atoms with Crippen LogP contribution in [0.1, 0.15) is 0 Å². The van der Waals surface area contributed by atoms with Crippen molar-refractivity contribution in [3.8, 4) is 0 Å². The molecule has 4 unspecified atom stereocenters. The third kappa shape index (κ3) is 1.69. The Bertz CT molecular complexity index is 130. The van der Waals surface area contributed by atoms with Gasteiger partial charge in [-0.25, -0.2) is 0 Å². The van der Waals surface area contributed by atoms with Gasteiger partial charge in [-0.2, -0.15) is 0 Å². The number of rotatable bonds is 1. The number of nitrogens with two attached hydrogens (primary N) is 1. The van der Waals surface area contributed by atoms with Gasteiger partial charge in [0.25, 0.3) is 0 Å². The van der Waals surface area contributed by atoms with Crippen molar-refractivity contribution in [2.45, 2.75) is 24.4 Å². The van der Waals surface area contributed by atoms with Gasteiger partial charge in [0, 0.05) is 0 Å². The van der Waals surface area contributed by atoms with Gasteiger partial charge in [0.2, 0.25) is 0 Å². The number of hydrogen-bond donors (Lipinski definition) is 4. The van der Waals surface area contributed by atoms with E-state index >= 15 is 0 Å². The van der Waals surface area contributed by atoms with Crippen LogP contribution in [0.25, 0.3) is 0 Å². The van der Waals surface area contributed by atoms with Gasteiger partial charge in [-0.05, 0) is 0 Å². The molecule has 5 heteroatoms. The van der Waals surface area contributed by atoms with Crippen LogP contribution in [0.15, 0.2) is 0 Å². The second-order valence-corrected chi connectivity index (χ2v) is 2.69. The monoisotopic (exact) mass is 163 g/mol. The fraction of sp³-hybridized carbons (Fsp3) is 1.00. The van der Waals surface area contributed by atoms with Crippen molar-refractivity contribution < 1.29 is 20.1 Å². The minimum atomic E-state index is -0.999. The Morgan fingerprint density at radius 2 is 2.09 bits per heavy atom. The molecule has 0 radical (unpaired) electrons. The van der Waals surface area contributed by atoms with E-state index < -0.39 is 24.4 Å². The zero-order valence-electron chi connectivity index (χ0n) is 6.05. The largest absolute Gasteiger partial charge is 0.394 e. The zero-order chi connectivity index (χ0) is 8.43. The van der Waals surface area contributed by atoms with Gasteiger partial charge in [0.05, 0.1) is 31.5 Å². The van der Waals surface area contributed by atoms with E-state index in [1.807, 2.05) is 0 Å². The van der Waals surface area contributed by atoms with E-state index in [9.17, 15) is 5.11 Å². The maximum Gasteiger partial charge on any atom is 0.105 e. The first kappa shape index (κ1) is 8.89. The van der Waals surface area contributed by atoms with Crippen molar-refractivity contribution in [1.29, 1.82) is 0 Å². The van der Waals surface area contributed by atoms with Crippen LogP contribution >= 0.6 is 0 Å². The Labute approximate surface area is 64.4 Å². The van der Waals surface area contributed by atoms with Gasteiger partial charge in [-0.15, -0.1) is 0 Å². The Kier molecular flexibility index (Phi) is 2.80. The van der Waals surface area contributed by atoms with Crippen LogP contribution in [0.2, 0.25) is 0 Å². The van der Waals surface area contributed by atoms with Crippen LogP contribution in [0.5, 0.6) is 0 Å². The van der Waals surface area contributed by atoms with Crippen LogP contribution < -0.4 is 5.73 Å². The Morgan fingerprint density at radius 1 is 1.45 bits per heavy atom. The fourth-order valence-electron chi connectivity index (χ4n) is 1.08. The summed E-state index contributed by atoms with van der Waals surface area (Å²) in [7, 11) is 0. The van der Waals surface area contributed by atoms with Crippen molar-refractivity contribution in [3.05, 3.63) is 0 Å². The summed E-state index contributed by atoms with van der Waals surface area (Å²) in [6.07, 6.45) is -2.50. The van der Waals surface area contributed by atoms with E-state index in [1.165, 1.54) is 0 Å². The SMILES string of the molecule is NC1C(CO)OCC(O)C1O. The molecule has 1 saturated heterocycles. The third-order valence-corrected chi connectivity index (χ3v) is 1.88. The number of ether oxygens (including phenoxy) is 1. The average molecular weight is 163 g/mol. The van der Waals surface area contributed by atoms with E-state index in [0.717, 1.165) is 0 Å². The van der Waals surface area contributed by atoms with Crippen LogP contribution in [-0.2, 0) is 4.74 Å². The van der Waals surface area contributed by atoms with Crippen molar-refractivity contribution in [2.24, 2.45) is 5.73 Å². The first-order valence-electron chi connectivity index (χ1n) is 3.51. The van der Waals surface area contributed by atoms with Gasteiger partial charge < -0.3 is 25.8 Å². The summed E-state index contributed by atoms with van der Waals surface area (Å²) in [5, 5.41) is 26.9. The standard InChI is InChI=1S/C6H13NO4/c7-5-4(1-8)11-2-3(9)6(5)10/h3-6,8-10H,1-2,7H2. The molecule has 0 aliphatic carbocycles. The fourth-order valence-corrected chi connectivity index (χ4v) is 1.08. The first-order valence-corrected chi connectivity index (χ1v) is 3.51. The molecule has 0 bridgehead atoms. The highest BCUT2D eigenvalue weighted by molar-refractivity contribution is 4.89. The molecule has 1 rings (SSSR count). The lowest BCUT2D eigenvalue weighted by atomic mass is 9.99. The molecule has 1 aliphatic rings. The highest BCUT2D eigenvalue weighted by Gasteiger charge is 2.35. The quantitative estimate of drug-likeness (QED) is 0.340. The number of hydrogen-bond acceptors (Lipinski definition) is 5. The number of aliphatic hydroxyl groups excluding tert-OH is 3. The Hall–Kier alpha value is -0.200. The first-order chi connectivity index (χ1) is 5.16. The molecule has 5 N–H and O–H groups in total. The lowest BCUT2D eigenvalue weighted by Crippen LogP contribution is -2.58. The lowest BCUT2D eigenvalue weighted by Gasteiger charge is -2.35. The molecule has 0 saturated carbocycles. The molecule has 1 heterocycles. The lowest BCUT2D eigenvalue weighted by molar-refractivity contribution is -0.143. The highest BCUT2D eigenvalue weighted by atomic mass is 16.5. The van der Waals surface area contributed by atoms with Crippen molar-refractivity contribution in [2.75, 3.05) is 13.2 Å². The molecule has 5 nitrogen and oxygen atoms in total. The molecule has 0 aromatic carbocycles. The van der Waals surface area contributed by atoms with Crippen molar-refractivity contribution >= 4 is 0 Å². The predicted octanol–water partition coefficient (Wildman–Crippen LogP) is -2.57. The van der Waals surface area contributed by atoms with Gasteiger partial charge in [-0.1, -0.05) is 0 Å². The molecule has 0 aromatic heterocycles. The van der Waals surface area contributed by atoms with Crippen LogP contribution in [0, 0.1) is 0 Å². The molecular weight excluding hydrogens is 150 g/mol. The summed E-state index contributed by atoms with van der Waals surface area (Å²) < 4.78 is 4.94. The normalized spacial score (nSPS) is 45.8. The molecule has 1 fully saturated rings. The van der Waals surface area contributed by atoms with E-state index in [-0.39, 0.29) is 13.2 Å². The smallest absolute Gasteiger partial charge is 0.105 e. The van der Waals surface area contributed by atoms with E-state index in [0.29, 0.717) is 0 Å². The van der Waals surface area contributed by atoms with E-state index in [2.05, 4.69) is 0 Å². The zero-order valence-corrected chi connectivity index (χ0v) is 6.05. The van der Waals surface area contributed by atoms with Crippen molar-refractivity contribution in [1.82, 2.24) is 0 Å². The third-order valence-electron chi connectivity index (χ3n) is 1.88. The Balaban J connectivity index is 2.52. The minimum absolute atomic E-state index is 0.0279. The summed E-state index contributed by atoms with van der Waals surface area (Å²) in [6, 6.07) is -0.705. The van der Waals surface area contributed by atoms with Crippen molar-refractivity contribution in [3.63, 3.8) is 0 Å². The molecule has 0 amide bonds. The average Bonchev–Trinajstić information content (AvgIpc) is 2.01. The topological polar surface area (TPSA) is 95.9 Å². The van der Waals surface area contributed by atoms with Crippen LogP contribution in [0.4, 0.5) is 0 Å². The second-order valence-electron chi connectivity index (χ2n) is 2.69. The van der Waals surface area contributed by atoms with Gasteiger partial charge in [0.1, 0.15) is 6.10 Å². The molecule has 11 heavy (non-hydrogen) atoms. The summed E-state index contributed by atoms with van der Waals surface area (Å²) in [4.78, 5) is 0. The molecule has 66 valence electrons. The number of aliphatic hydroxyl groups is 3. The van der Waals surface area contributed by atoms with Crippen LogP contribution in [0.3, 0.4) is 0 Å². The molecule has 0 aromatic rings. The highest BCUT2D eigenvalue weighted by Crippen LogP contribution is 2.12. The van der Waals surface area contributed by atoms with Gasteiger partial charge >= 0.3 is 0 Å².